The minimum absolute atomic E-state index is 0.105. The molecule has 1 atom stereocenters. The highest BCUT2D eigenvalue weighted by molar-refractivity contribution is 6.42. The molecule has 5 heteroatoms. The van der Waals surface area contributed by atoms with Gasteiger partial charge in [-0.25, -0.2) is 5.01 Å². The number of rotatable bonds is 2. The van der Waals surface area contributed by atoms with E-state index in [2.05, 4.69) is 29.4 Å². The molecule has 2 aromatic carbocycles. The summed E-state index contributed by atoms with van der Waals surface area (Å²) < 4.78 is 0. The Bertz CT molecular complexity index is 670. The molecule has 0 saturated carbocycles. The zero-order valence-corrected chi connectivity index (χ0v) is 12.4. The summed E-state index contributed by atoms with van der Waals surface area (Å²) in [5.74, 6) is 0. The molecule has 1 aliphatic heterocycles. The molecular weight excluding hydrogens is 293 g/mol. The number of nitrogens with zero attached hydrogens (tertiary/aromatic N) is 3. The van der Waals surface area contributed by atoms with Gasteiger partial charge in [0.2, 0.25) is 0 Å². The molecule has 3 rings (SSSR count). The van der Waals surface area contributed by atoms with Crippen LogP contribution in [0, 0.1) is 6.92 Å². The van der Waals surface area contributed by atoms with Gasteiger partial charge >= 0.3 is 0 Å². The van der Waals surface area contributed by atoms with Crippen molar-refractivity contribution in [3.8, 4) is 0 Å². The lowest BCUT2D eigenvalue weighted by Gasteiger charge is -2.23. The Hall–Kier alpha value is -1.58. The van der Waals surface area contributed by atoms with Gasteiger partial charge in [-0.15, -0.1) is 0 Å². The van der Waals surface area contributed by atoms with Gasteiger partial charge in [-0.1, -0.05) is 52.7 Å². The monoisotopic (exact) mass is 305 g/mol. The second-order valence-corrected chi connectivity index (χ2v) is 5.54. The van der Waals surface area contributed by atoms with Crippen LogP contribution in [-0.4, -0.2) is 6.54 Å². The summed E-state index contributed by atoms with van der Waals surface area (Å²) in [7, 11) is 0. The molecule has 2 aromatic rings. The summed E-state index contributed by atoms with van der Waals surface area (Å²) in [6, 6.07) is 13.9. The zero-order chi connectivity index (χ0) is 14.1. The van der Waals surface area contributed by atoms with Crippen LogP contribution in [0.1, 0.15) is 17.2 Å². The number of benzene rings is 2. The fourth-order valence-electron chi connectivity index (χ4n) is 2.37. The van der Waals surface area contributed by atoms with Gasteiger partial charge in [0.05, 0.1) is 22.3 Å². The van der Waals surface area contributed by atoms with Crippen LogP contribution in [0.4, 0.5) is 5.69 Å². The molecule has 1 aliphatic rings. The highest BCUT2D eigenvalue weighted by Crippen LogP contribution is 2.36. The fourth-order valence-corrected chi connectivity index (χ4v) is 2.66. The van der Waals surface area contributed by atoms with E-state index in [1.54, 1.807) is 6.07 Å². The third-order valence-corrected chi connectivity index (χ3v) is 4.16. The maximum absolute atomic E-state index is 6.09. The van der Waals surface area contributed by atoms with E-state index in [4.69, 9.17) is 23.2 Å². The van der Waals surface area contributed by atoms with E-state index in [0.29, 0.717) is 16.6 Å². The third kappa shape index (κ3) is 2.39. The molecule has 0 aromatic heterocycles. The van der Waals surface area contributed by atoms with Gasteiger partial charge in [-0.2, -0.15) is 5.11 Å². The van der Waals surface area contributed by atoms with Crippen molar-refractivity contribution < 1.29 is 0 Å². The van der Waals surface area contributed by atoms with Crippen molar-refractivity contribution in [2.45, 2.75) is 13.0 Å². The van der Waals surface area contributed by atoms with Crippen molar-refractivity contribution in [1.29, 1.82) is 0 Å². The number of halogens is 2. The second kappa shape index (κ2) is 5.43. The molecule has 1 heterocycles. The van der Waals surface area contributed by atoms with Crippen LogP contribution in [0.15, 0.2) is 52.8 Å². The van der Waals surface area contributed by atoms with Crippen LogP contribution in [0.5, 0.6) is 0 Å². The molecule has 0 N–H and O–H groups in total. The summed E-state index contributed by atoms with van der Waals surface area (Å²) in [6.07, 6.45) is 0. The molecule has 0 fully saturated rings. The predicted molar refractivity (Wildman–Crippen MR) is 82.6 cm³/mol. The van der Waals surface area contributed by atoms with Gasteiger partial charge in [-0.3, -0.25) is 0 Å². The minimum Gasteiger partial charge on any atom is -0.238 e. The van der Waals surface area contributed by atoms with Gasteiger partial charge in [0.1, 0.15) is 6.04 Å². The summed E-state index contributed by atoms with van der Waals surface area (Å²) in [5.41, 5.74) is 3.35. The van der Waals surface area contributed by atoms with E-state index in [9.17, 15) is 0 Å². The normalized spacial score (nSPS) is 17.8. The van der Waals surface area contributed by atoms with Crippen LogP contribution in [0.3, 0.4) is 0 Å². The lowest BCUT2D eigenvalue weighted by Crippen LogP contribution is -2.21. The molecule has 0 bridgehead atoms. The first-order valence-electron chi connectivity index (χ1n) is 6.34. The standard InChI is InChI=1S/C15H13Cl2N3/c1-10-4-2-3-5-12(10)15-9-18-19-20(15)11-6-7-13(16)14(17)8-11/h2-8,15H,9H2,1H3. The molecule has 0 saturated heterocycles. The Labute approximate surface area is 127 Å². The first kappa shape index (κ1) is 13.4. The molecule has 0 spiro atoms. The molecule has 3 nitrogen and oxygen atoms in total. The van der Waals surface area contributed by atoms with Gasteiger partial charge in [-0.05, 0) is 36.2 Å². The van der Waals surface area contributed by atoms with Gasteiger partial charge in [0.15, 0.2) is 0 Å². The lowest BCUT2D eigenvalue weighted by atomic mass is 10.0. The van der Waals surface area contributed by atoms with Crippen LogP contribution >= 0.6 is 23.2 Å². The van der Waals surface area contributed by atoms with Crippen molar-refractivity contribution in [1.82, 2.24) is 0 Å². The Balaban J connectivity index is 1.98. The van der Waals surface area contributed by atoms with Crippen molar-refractivity contribution in [2.24, 2.45) is 10.3 Å². The molecule has 0 radical (unpaired) electrons. The molecule has 1 unspecified atom stereocenters. The molecule has 0 amide bonds. The molecular formula is C15H13Cl2N3. The van der Waals surface area contributed by atoms with E-state index in [1.807, 2.05) is 29.3 Å². The number of aryl methyl sites for hydroxylation is 1. The predicted octanol–water partition coefficient (Wildman–Crippen LogP) is 5.23. The summed E-state index contributed by atoms with van der Waals surface area (Å²) >= 11 is 12.0. The molecule has 102 valence electrons. The Morgan fingerprint density at radius 1 is 1.10 bits per heavy atom. The largest absolute Gasteiger partial charge is 0.238 e. The average molecular weight is 306 g/mol. The van der Waals surface area contributed by atoms with Crippen LogP contribution in [0.2, 0.25) is 10.0 Å². The zero-order valence-electron chi connectivity index (χ0n) is 10.9. The van der Waals surface area contributed by atoms with Crippen LogP contribution in [-0.2, 0) is 0 Å². The van der Waals surface area contributed by atoms with Gasteiger partial charge in [0, 0.05) is 0 Å². The Morgan fingerprint density at radius 2 is 1.90 bits per heavy atom. The third-order valence-electron chi connectivity index (χ3n) is 3.42. The van der Waals surface area contributed by atoms with E-state index in [1.165, 1.54) is 11.1 Å². The SMILES string of the molecule is Cc1ccccc1C1CN=NN1c1ccc(Cl)c(Cl)c1. The van der Waals surface area contributed by atoms with Crippen molar-refractivity contribution in [2.75, 3.05) is 11.6 Å². The number of anilines is 1. The minimum atomic E-state index is 0.105. The van der Waals surface area contributed by atoms with E-state index in [-0.39, 0.29) is 6.04 Å². The average Bonchev–Trinajstić information content (AvgIpc) is 2.91. The maximum Gasteiger partial charge on any atom is 0.101 e. The molecule has 0 aliphatic carbocycles. The number of hydrogen-bond acceptors (Lipinski definition) is 3. The van der Waals surface area contributed by atoms with Crippen LogP contribution in [0.25, 0.3) is 0 Å². The topological polar surface area (TPSA) is 28.0 Å². The Morgan fingerprint density at radius 3 is 2.65 bits per heavy atom. The van der Waals surface area contributed by atoms with E-state index < -0.39 is 0 Å². The smallest absolute Gasteiger partial charge is 0.101 e. The summed E-state index contributed by atoms with van der Waals surface area (Å²) in [5, 5.41) is 11.4. The van der Waals surface area contributed by atoms with E-state index in [0.717, 1.165) is 5.69 Å². The lowest BCUT2D eigenvalue weighted by molar-refractivity contribution is 0.727. The summed E-state index contributed by atoms with van der Waals surface area (Å²) in [6.45, 7) is 2.74. The van der Waals surface area contributed by atoms with E-state index >= 15 is 0 Å². The second-order valence-electron chi connectivity index (χ2n) is 4.73. The van der Waals surface area contributed by atoms with Gasteiger partial charge in [0.25, 0.3) is 0 Å². The van der Waals surface area contributed by atoms with Crippen molar-refractivity contribution in [3.63, 3.8) is 0 Å². The van der Waals surface area contributed by atoms with Crippen molar-refractivity contribution in [3.05, 3.63) is 63.6 Å². The first-order valence-corrected chi connectivity index (χ1v) is 7.09. The Kier molecular flexibility index (Phi) is 3.64. The highest BCUT2D eigenvalue weighted by Gasteiger charge is 2.26. The summed E-state index contributed by atoms with van der Waals surface area (Å²) in [4.78, 5) is 0. The number of hydrogen-bond donors (Lipinski definition) is 0. The molecule has 20 heavy (non-hydrogen) atoms. The van der Waals surface area contributed by atoms with Gasteiger partial charge < -0.3 is 0 Å². The van der Waals surface area contributed by atoms with Crippen molar-refractivity contribution >= 4 is 28.9 Å². The quantitative estimate of drug-likeness (QED) is 0.746. The highest BCUT2D eigenvalue weighted by atomic mass is 35.5. The van der Waals surface area contributed by atoms with Crippen LogP contribution < -0.4 is 5.01 Å². The maximum atomic E-state index is 6.09. The first-order chi connectivity index (χ1) is 9.66. The fraction of sp³-hybridized carbons (Fsp3) is 0.200.